The van der Waals surface area contributed by atoms with Crippen molar-refractivity contribution in [3.8, 4) is 95.7 Å². The summed E-state index contributed by atoms with van der Waals surface area (Å²) < 4.78 is 18.0. The summed E-state index contributed by atoms with van der Waals surface area (Å²) in [5.74, 6) is 1.49. The van der Waals surface area contributed by atoms with Crippen molar-refractivity contribution in [1.29, 1.82) is 0 Å². The summed E-state index contributed by atoms with van der Waals surface area (Å²) in [6, 6.07) is 158. The molecule has 5 aromatic heterocycles. The molecular weight excluding hydrogens is 1600 g/mol. The first-order chi connectivity index (χ1) is 60.3. The Morgan fingerprint density at radius 3 is 0.984 bits per heavy atom. The molecule has 122 heavy (non-hydrogen) atoms. The second kappa shape index (κ2) is 28.3. The van der Waals surface area contributed by atoms with E-state index >= 15 is 0 Å². The van der Waals surface area contributed by atoms with Gasteiger partial charge >= 0.3 is 675 Å². The van der Waals surface area contributed by atoms with Crippen LogP contribution < -0.4 is 35.4 Å². The quantitative estimate of drug-likeness (QED) is 0.121. The van der Waals surface area contributed by atoms with Gasteiger partial charge in [-0.1, -0.05) is 30.3 Å². The number of nitrogens with zero attached hydrogens (tertiary/aromatic N) is 7. The fourth-order valence-electron chi connectivity index (χ4n) is 21.1. The molecule has 0 bridgehead atoms. The van der Waals surface area contributed by atoms with Gasteiger partial charge in [-0.2, -0.15) is 0 Å². The minimum atomic E-state index is -3.76. The average molecular weight is 1680 g/mol. The number of hydrogen-bond acceptors (Lipinski definition) is 4. The average Bonchev–Trinajstić information content (AvgIpc) is 1.53. The van der Waals surface area contributed by atoms with Gasteiger partial charge in [-0.05, 0) is 12.1 Å². The summed E-state index contributed by atoms with van der Waals surface area (Å²) in [7, 11) is 0. The molecule has 0 saturated heterocycles. The number of fused-ring (bicyclic) bond motifs is 18. The van der Waals surface area contributed by atoms with Crippen LogP contribution in [0.25, 0.3) is 161 Å². The van der Waals surface area contributed by atoms with Crippen molar-refractivity contribution in [2.45, 2.75) is 19.3 Å². The van der Waals surface area contributed by atoms with Crippen LogP contribution in [0.2, 0.25) is 0 Å². The molecule has 22 aromatic rings. The van der Waals surface area contributed by atoms with Crippen molar-refractivity contribution in [2.75, 3.05) is 0 Å². The van der Waals surface area contributed by atoms with E-state index in [0.717, 1.165) is 84.5 Å². The Morgan fingerprint density at radius 2 is 0.549 bits per heavy atom. The summed E-state index contributed by atoms with van der Waals surface area (Å²) >= 11 is -7.50. The Morgan fingerprint density at radius 1 is 0.230 bits per heavy atom. The molecule has 3 aliphatic rings. The first-order valence-corrected chi connectivity index (χ1v) is 50.5. The number of aromatic nitrogens is 7. The zero-order chi connectivity index (χ0) is 80.8. The standard InChI is InChI=1S/C58H38GeN4.C55H39GeN3/c1-5-21-39(22-6-1)58-60-56(55-45-31-13-17-33-49(45)59(57(55)61-58,40-23-7-2-8-24-40)41-25-9-3-10-26-41)46-32-16-20-36-52(46)63-51-35-19-15-30-44(51)48-37-53-47(38-54(48)63)43-29-14-18-34-50(43)62(53)42-27-11-4-12-28-42;1-55(2)45-30-16-12-26-39(45)43-35-50-44(34-46(43)55)40-27-14-18-32-48(40)59(50)49-33-19-15-29-42(49)52-51-41-28-13-17-31-47(41)56(37-22-8-4-9-23-37,38-24-10-5-11-25-38)53(51)58-54(57-52)36-20-6-3-7-21-36/h1-38H;3-35H,1-2H3. The molecule has 0 fully saturated rings. The molecular formula is C113H77Ge2N7. The van der Waals surface area contributed by atoms with E-state index in [4.69, 9.17) is 19.9 Å². The molecule has 0 amide bonds. The van der Waals surface area contributed by atoms with Gasteiger partial charge in [0.05, 0.1) is 0 Å². The SMILES string of the molecule is CC1(C)c2ccccc2-c2cc3c(cc21)c1ccccc1n3-c1ccccc1-c1nc(-c2ccccc2)n[c]2c1-c1cccc[c]1[Ge]2([c]1ccccc1)[c]1ccccc1.c1ccc(-c2nc(-c3ccccc3-n3c4ccccc4c4cc5c(cc43)c3ccccc3n5-c3ccccc3)c3[c](n2)[Ge]([c]2ccccc2)([c]2ccccc2)[c]2ccccc2-3)cc1. The summed E-state index contributed by atoms with van der Waals surface area (Å²) in [5, 5.41) is 7.37. The fraction of sp³-hybridized carbons (Fsp3) is 0.0265. The molecule has 17 aromatic carbocycles. The molecule has 0 atom stereocenters. The second-order valence-electron chi connectivity index (χ2n) is 32.9. The van der Waals surface area contributed by atoms with Crippen molar-refractivity contribution in [2.24, 2.45) is 0 Å². The Labute approximate surface area is 712 Å². The zero-order valence-corrected chi connectivity index (χ0v) is 71.3. The van der Waals surface area contributed by atoms with Crippen LogP contribution in [0, 0.1) is 0 Å². The van der Waals surface area contributed by atoms with Gasteiger partial charge in [0.1, 0.15) is 0 Å². The third-order valence-electron chi connectivity index (χ3n) is 26.3. The molecule has 9 heteroatoms. The molecule has 0 N–H and O–H groups in total. The monoisotopic (exact) mass is 1680 g/mol. The predicted octanol–water partition coefficient (Wildman–Crippen LogP) is 21.9. The summed E-state index contributed by atoms with van der Waals surface area (Å²) in [6.45, 7) is 4.73. The molecule has 0 radical (unpaired) electrons. The molecule has 7 nitrogen and oxygen atoms in total. The molecule has 0 spiro atoms. The normalized spacial score (nSPS) is 13.5. The Hall–Kier alpha value is -14.6. The number of hydrogen-bond donors (Lipinski definition) is 0. The van der Waals surface area contributed by atoms with Gasteiger partial charge in [0.15, 0.2) is 0 Å². The molecule has 25 rings (SSSR count). The second-order valence-corrected chi connectivity index (χ2v) is 48.3. The van der Waals surface area contributed by atoms with Gasteiger partial charge in [-0.25, -0.2) is 0 Å². The van der Waals surface area contributed by atoms with Crippen LogP contribution in [-0.2, 0) is 5.41 Å². The van der Waals surface area contributed by atoms with E-state index in [0.29, 0.717) is 0 Å². The third-order valence-corrected chi connectivity index (χ3v) is 46.1. The van der Waals surface area contributed by atoms with Gasteiger partial charge in [-0.3, -0.25) is 0 Å². The maximum atomic E-state index is 5.78. The summed E-state index contributed by atoms with van der Waals surface area (Å²) in [4.78, 5) is 22.9. The van der Waals surface area contributed by atoms with E-state index in [9.17, 15) is 0 Å². The Bertz CT molecular complexity index is 7880. The number of rotatable bonds is 11. The first kappa shape index (κ1) is 71.5. The third kappa shape index (κ3) is 10.6. The Balaban J connectivity index is 0.000000138. The Kier molecular flexibility index (Phi) is 16.6. The van der Waals surface area contributed by atoms with Crippen molar-refractivity contribution in [3.05, 3.63) is 442 Å². The zero-order valence-electron chi connectivity index (χ0n) is 67.1. The van der Waals surface area contributed by atoms with E-state index in [2.05, 4.69) is 458 Å². The fourth-order valence-corrected chi connectivity index (χ4v) is 42.1. The van der Waals surface area contributed by atoms with Crippen LogP contribution in [-0.4, -0.2) is 60.2 Å². The topological polar surface area (TPSA) is 66.3 Å². The predicted molar refractivity (Wildman–Crippen MR) is 512 cm³/mol. The van der Waals surface area contributed by atoms with Crippen LogP contribution in [0.3, 0.4) is 0 Å². The molecule has 0 unspecified atom stereocenters. The van der Waals surface area contributed by atoms with Crippen molar-refractivity contribution < 1.29 is 0 Å². The van der Waals surface area contributed by atoms with E-state index < -0.39 is 26.5 Å². The van der Waals surface area contributed by atoms with E-state index in [-0.39, 0.29) is 5.41 Å². The number of benzene rings is 17. The van der Waals surface area contributed by atoms with Gasteiger partial charge in [-0.15, -0.1) is 0 Å². The first-order valence-electron chi connectivity index (χ1n) is 42.1. The molecule has 1 aliphatic carbocycles. The van der Waals surface area contributed by atoms with Crippen molar-refractivity contribution >= 4 is 127 Å². The van der Waals surface area contributed by atoms with Crippen LogP contribution in [0.4, 0.5) is 0 Å². The number of para-hydroxylation sites is 6. The van der Waals surface area contributed by atoms with E-state index in [1.807, 2.05) is 0 Å². The van der Waals surface area contributed by atoms with Crippen LogP contribution in [0.15, 0.2) is 431 Å². The van der Waals surface area contributed by atoms with Crippen LogP contribution in [0.5, 0.6) is 0 Å². The molecule has 7 heterocycles. The van der Waals surface area contributed by atoms with Crippen LogP contribution >= 0.6 is 0 Å². The van der Waals surface area contributed by atoms with Gasteiger partial charge in [0, 0.05) is 0 Å². The van der Waals surface area contributed by atoms with Crippen molar-refractivity contribution in [3.63, 3.8) is 0 Å². The van der Waals surface area contributed by atoms with Crippen molar-refractivity contribution in [1.82, 2.24) is 33.6 Å². The van der Waals surface area contributed by atoms with Gasteiger partial charge < -0.3 is 0 Å². The molecule has 572 valence electrons. The summed E-state index contributed by atoms with van der Waals surface area (Å²) in [5.41, 5.74) is 26.5. The van der Waals surface area contributed by atoms with Crippen LogP contribution in [0.1, 0.15) is 25.0 Å². The molecule has 0 saturated carbocycles. The minimum absolute atomic E-state index is 0.0980. The molecule has 2 aliphatic heterocycles. The van der Waals surface area contributed by atoms with Gasteiger partial charge in [0.25, 0.3) is 0 Å². The maximum absolute atomic E-state index is 5.78. The van der Waals surface area contributed by atoms with Gasteiger partial charge in [0.2, 0.25) is 0 Å². The van der Waals surface area contributed by atoms with E-state index in [1.165, 1.54) is 123 Å². The summed E-state index contributed by atoms with van der Waals surface area (Å²) in [6.07, 6.45) is 0. The van der Waals surface area contributed by atoms with E-state index in [1.54, 1.807) is 0 Å².